The van der Waals surface area contributed by atoms with Crippen LogP contribution in [0.4, 0.5) is 10.5 Å². The van der Waals surface area contributed by atoms with Crippen LogP contribution in [0.3, 0.4) is 0 Å². The Bertz CT molecular complexity index is 1060. The van der Waals surface area contributed by atoms with E-state index in [1.807, 2.05) is 12.1 Å². The van der Waals surface area contributed by atoms with Gasteiger partial charge in [-0.05, 0) is 57.4 Å². The number of ether oxygens (including phenoxy) is 1. The van der Waals surface area contributed by atoms with Crippen LogP contribution in [0.15, 0.2) is 48.5 Å². The van der Waals surface area contributed by atoms with Crippen LogP contribution >= 0.6 is 0 Å². The Hall–Kier alpha value is -3.08. The van der Waals surface area contributed by atoms with Gasteiger partial charge in [-0.1, -0.05) is 51.0 Å². The number of rotatable bonds is 10. The fourth-order valence-electron chi connectivity index (χ4n) is 4.53. The lowest BCUT2D eigenvalue weighted by atomic mass is 9.81. The van der Waals surface area contributed by atoms with Crippen molar-refractivity contribution in [2.45, 2.75) is 65.7 Å². The monoisotopic (exact) mass is 463 g/mol. The lowest BCUT2D eigenvalue weighted by Gasteiger charge is -2.21. The number of carbonyl (C=O) groups excluding carboxylic acids is 1. The molecule has 0 spiro atoms. The van der Waals surface area contributed by atoms with E-state index in [0.29, 0.717) is 13.1 Å². The Morgan fingerprint density at radius 3 is 2.32 bits per heavy atom. The fourth-order valence-corrected chi connectivity index (χ4v) is 4.53. The number of hydrogen-bond acceptors (Lipinski definition) is 3. The molecule has 2 aromatic rings. The molecule has 5 heteroatoms. The molecule has 0 unspecified atom stereocenters. The van der Waals surface area contributed by atoms with Crippen LogP contribution in [0, 0.1) is 0 Å². The van der Waals surface area contributed by atoms with E-state index in [0.717, 1.165) is 37.8 Å². The first-order chi connectivity index (χ1) is 16.3. The van der Waals surface area contributed by atoms with Crippen molar-refractivity contribution in [1.29, 1.82) is 0 Å². The number of phenolic OH excluding ortho intramolecular Hbond substituents is 1. The van der Waals surface area contributed by atoms with E-state index in [-0.39, 0.29) is 16.9 Å². The highest BCUT2D eigenvalue weighted by Gasteiger charge is 2.43. The number of benzene rings is 2. The summed E-state index contributed by atoms with van der Waals surface area (Å²) in [6.07, 6.45) is 7.62. The molecule has 1 amide bonds. The van der Waals surface area contributed by atoms with E-state index in [9.17, 15) is 9.90 Å². The first kappa shape index (κ1) is 25.5. The van der Waals surface area contributed by atoms with Crippen molar-refractivity contribution in [2.24, 2.45) is 0 Å². The molecular formula is C29H39N2O3+. The van der Waals surface area contributed by atoms with Crippen molar-refractivity contribution in [3.05, 3.63) is 59.7 Å². The molecule has 0 aromatic heterocycles. The number of amides is 1. The van der Waals surface area contributed by atoms with Gasteiger partial charge in [0.15, 0.2) is 17.2 Å². The second kappa shape index (κ2) is 11.4. The Morgan fingerprint density at radius 2 is 1.71 bits per heavy atom. The Kier molecular flexibility index (Phi) is 8.54. The molecule has 0 saturated heterocycles. The van der Waals surface area contributed by atoms with Crippen LogP contribution in [-0.2, 0) is 5.41 Å². The minimum absolute atomic E-state index is 0.0345. The van der Waals surface area contributed by atoms with Crippen molar-refractivity contribution in [2.75, 3.05) is 19.6 Å². The summed E-state index contributed by atoms with van der Waals surface area (Å²) in [5.41, 5.74) is 4.52. The highest BCUT2D eigenvalue weighted by atomic mass is 16.6. The number of carbonyl (C=O) groups is 1. The van der Waals surface area contributed by atoms with Crippen molar-refractivity contribution >= 4 is 23.6 Å². The second-order valence-corrected chi connectivity index (χ2v) is 9.39. The maximum Gasteiger partial charge on any atom is 0.415 e. The summed E-state index contributed by atoms with van der Waals surface area (Å²) in [7, 11) is 0. The van der Waals surface area contributed by atoms with Gasteiger partial charge in [0.1, 0.15) is 6.54 Å². The average Bonchev–Trinajstić information content (AvgIpc) is 3.05. The van der Waals surface area contributed by atoms with E-state index in [1.165, 1.54) is 17.0 Å². The average molecular weight is 464 g/mol. The lowest BCUT2D eigenvalue weighted by Crippen LogP contribution is -2.35. The smallest absolute Gasteiger partial charge is 0.415 e. The number of aromatic hydroxyl groups is 1. The molecule has 0 radical (unpaired) electrons. The Morgan fingerprint density at radius 1 is 1.03 bits per heavy atom. The molecule has 2 aromatic carbocycles. The molecule has 1 N–H and O–H groups in total. The van der Waals surface area contributed by atoms with Gasteiger partial charge < -0.3 is 14.7 Å². The van der Waals surface area contributed by atoms with E-state index < -0.39 is 6.09 Å². The SMILES string of the molecule is CCCCN(CCCC)C(=O)Oc1ccc(/C=C/C2=[N+](CC)c3ccccc3C2(C)C)cc1O. The molecule has 0 atom stereocenters. The van der Waals surface area contributed by atoms with Crippen molar-refractivity contribution in [1.82, 2.24) is 4.90 Å². The van der Waals surface area contributed by atoms with Crippen LogP contribution in [0.1, 0.15) is 71.4 Å². The van der Waals surface area contributed by atoms with E-state index in [1.54, 1.807) is 17.0 Å². The molecule has 182 valence electrons. The number of para-hydroxylation sites is 1. The summed E-state index contributed by atoms with van der Waals surface area (Å²) in [4.78, 5) is 14.4. The Labute approximate surface area is 204 Å². The lowest BCUT2D eigenvalue weighted by molar-refractivity contribution is -0.433. The van der Waals surface area contributed by atoms with E-state index >= 15 is 0 Å². The number of fused-ring (bicyclic) bond motifs is 1. The third-order valence-corrected chi connectivity index (χ3v) is 6.55. The zero-order valence-electron chi connectivity index (χ0n) is 21.3. The summed E-state index contributed by atoms with van der Waals surface area (Å²) >= 11 is 0. The zero-order chi connectivity index (χ0) is 24.7. The largest absolute Gasteiger partial charge is 0.504 e. The summed E-state index contributed by atoms with van der Waals surface area (Å²) in [6, 6.07) is 13.7. The quantitative estimate of drug-likeness (QED) is 0.390. The predicted molar refractivity (Wildman–Crippen MR) is 139 cm³/mol. The number of nitrogens with zero attached hydrogens (tertiary/aromatic N) is 2. The van der Waals surface area contributed by atoms with E-state index in [4.69, 9.17) is 4.74 Å². The second-order valence-electron chi connectivity index (χ2n) is 9.39. The number of hydrogen-bond donors (Lipinski definition) is 1. The van der Waals surface area contributed by atoms with Crippen molar-refractivity contribution < 1.29 is 19.2 Å². The predicted octanol–water partition coefficient (Wildman–Crippen LogP) is 6.90. The molecule has 3 rings (SSSR count). The van der Waals surface area contributed by atoms with Gasteiger partial charge >= 0.3 is 6.09 Å². The fraction of sp³-hybridized carbons (Fsp3) is 0.448. The molecule has 1 heterocycles. The standard InChI is InChI=1S/C29H38N2O3/c1-6-9-19-30(20-10-7-2)28(33)34-26-17-15-22(21-25(26)32)16-18-27-29(4,5)23-13-11-12-14-24(23)31(27)8-3/h11-18,21H,6-10,19-20H2,1-5H3/p+1/b18-16+. The normalized spacial score (nSPS) is 14.5. The molecule has 0 aliphatic carbocycles. The molecule has 0 fully saturated rings. The minimum atomic E-state index is -0.403. The molecule has 34 heavy (non-hydrogen) atoms. The maximum absolute atomic E-state index is 12.7. The van der Waals surface area contributed by atoms with Gasteiger partial charge in [0, 0.05) is 30.8 Å². The zero-order valence-corrected chi connectivity index (χ0v) is 21.3. The summed E-state index contributed by atoms with van der Waals surface area (Å²) < 4.78 is 7.88. The van der Waals surface area contributed by atoms with Gasteiger partial charge in [-0.3, -0.25) is 0 Å². The highest BCUT2D eigenvalue weighted by Crippen LogP contribution is 2.40. The van der Waals surface area contributed by atoms with Crippen LogP contribution in [0.5, 0.6) is 11.5 Å². The summed E-state index contributed by atoms with van der Waals surface area (Å²) in [5.74, 6) is 0.157. The first-order valence-corrected chi connectivity index (χ1v) is 12.6. The van der Waals surface area contributed by atoms with Gasteiger partial charge in [0.05, 0.1) is 5.41 Å². The van der Waals surface area contributed by atoms with Gasteiger partial charge in [-0.15, -0.1) is 0 Å². The third kappa shape index (κ3) is 5.52. The molecule has 0 saturated carbocycles. The van der Waals surface area contributed by atoms with Crippen molar-refractivity contribution in [3.63, 3.8) is 0 Å². The minimum Gasteiger partial charge on any atom is -0.504 e. The van der Waals surface area contributed by atoms with Crippen LogP contribution in [0.25, 0.3) is 6.08 Å². The highest BCUT2D eigenvalue weighted by molar-refractivity contribution is 6.05. The molecule has 5 nitrogen and oxygen atoms in total. The van der Waals surface area contributed by atoms with Crippen LogP contribution < -0.4 is 4.74 Å². The number of allylic oxidation sites excluding steroid dienone is 1. The van der Waals surface area contributed by atoms with Gasteiger partial charge in [0.2, 0.25) is 5.69 Å². The van der Waals surface area contributed by atoms with Crippen LogP contribution in [-0.4, -0.2) is 46.0 Å². The molecule has 1 aliphatic heterocycles. The number of phenols is 1. The van der Waals surface area contributed by atoms with E-state index in [2.05, 4.69) is 69.5 Å². The van der Waals surface area contributed by atoms with Gasteiger partial charge in [0.25, 0.3) is 0 Å². The maximum atomic E-state index is 12.7. The van der Waals surface area contributed by atoms with Crippen LogP contribution in [0.2, 0.25) is 0 Å². The third-order valence-electron chi connectivity index (χ3n) is 6.55. The Balaban J connectivity index is 1.77. The number of unbranched alkanes of at least 4 members (excludes halogenated alkanes) is 2. The summed E-state index contributed by atoms with van der Waals surface area (Å²) in [6.45, 7) is 13.1. The molecular weight excluding hydrogens is 424 g/mol. The van der Waals surface area contributed by atoms with Gasteiger partial charge in [-0.25, -0.2) is 4.79 Å². The molecule has 0 bridgehead atoms. The topological polar surface area (TPSA) is 52.8 Å². The van der Waals surface area contributed by atoms with Gasteiger partial charge in [-0.2, -0.15) is 4.58 Å². The molecule has 1 aliphatic rings. The van der Waals surface area contributed by atoms with Crippen molar-refractivity contribution in [3.8, 4) is 11.5 Å². The first-order valence-electron chi connectivity index (χ1n) is 12.6. The summed E-state index contributed by atoms with van der Waals surface area (Å²) in [5, 5.41) is 10.6.